The van der Waals surface area contributed by atoms with Gasteiger partial charge in [-0.2, -0.15) is 5.10 Å². The molecule has 6 nitrogen and oxygen atoms in total. The van der Waals surface area contributed by atoms with Crippen LogP contribution < -0.4 is 0 Å². The molecule has 3 rings (SSSR count). The Morgan fingerprint density at radius 1 is 1.39 bits per heavy atom. The first-order valence-corrected chi connectivity index (χ1v) is 8.18. The molecule has 3 heterocycles. The molecule has 23 heavy (non-hydrogen) atoms. The molecule has 0 bridgehead atoms. The Hall–Kier alpha value is -1.76. The van der Waals surface area contributed by atoms with Crippen LogP contribution in [0.4, 0.5) is 0 Å². The maximum atomic E-state index is 10.4. The number of ether oxygens (including phenoxy) is 1. The largest absolute Gasteiger partial charge is 0.390 e. The number of rotatable bonds is 8. The maximum absolute atomic E-state index is 10.4. The van der Waals surface area contributed by atoms with E-state index in [-0.39, 0.29) is 6.10 Å². The minimum absolute atomic E-state index is 0.267. The smallest absolute Gasteiger partial charge is 0.0862 e. The van der Waals surface area contributed by atoms with Gasteiger partial charge in [-0.1, -0.05) is 6.07 Å². The predicted molar refractivity (Wildman–Crippen MR) is 86.7 cm³/mol. The van der Waals surface area contributed by atoms with E-state index >= 15 is 0 Å². The van der Waals surface area contributed by atoms with Gasteiger partial charge in [0.2, 0.25) is 0 Å². The average Bonchev–Trinajstić information content (AvgIpc) is 3.22. The zero-order valence-corrected chi connectivity index (χ0v) is 13.3. The molecule has 1 saturated heterocycles. The van der Waals surface area contributed by atoms with E-state index in [1.807, 2.05) is 24.5 Å². The van der Waals surface area contributed by atoms with Crippen molar-refractivity contribution >= 4 is 0 Å². The van der Waals surface area contributed by atoms with Crippen LogP contribution in [0.1, 0.15) is 18.4 Å². The lowest BCUT2D eigenvalue weighted by Crippen LogP contribution is -2.39. The second kappa shape index (κ2) is 8.19. The number of nitrogens with zero attached hydrogens (tertiary/aromatic N) is 4. The van der Waals surface area contributed by atoms with Crippen LogP contribution >= 0.6 is 0 Å². The molecule has 0 spiro atoms. The summed E-state index contributed by atoms with van der Waals surface area (Å²) in [5.74, 6) is 0. The highest BCUT2D eigenvalue weighted by molar-refractivity contribution is 5.08. The van der Waals surface area contributed by atoms with Crippen LogP contribution in [-0.2, 0) is 17.8 Å². The molecule has 124 valence electrons. The Balaban J connectivity index is 1.59. The number of hydrogen-bond donors (Lipinski definition) is 1. The number of hydrogen-bond acceptors (Lipinski definition) is 5. The first kappa shape index (κ1) is 16.1. The summed E-state index contributed by atoms with van der Waals surface area (Å²) in [6, 6.07) is 5.88. The van der Waals surface area contributed by atoms with Crippen LogP contribution in [-0.4, -0.2) is 56.7 Å². The molecular weight excluding hydrogens is 292 g/mol. The molecule has 1 aliphatic heterocycles. The normalized spacial score (nSPS) is 19.3. The highest BCUT2D eigenvalue weighted by atomic mass is 16.5. The third-order valence-corrected chi connectivity index (χ3v) is 4.04. The number of aliphatic hydroxyl groups excluding tert-OH is 1. The van der Waals surface area contributed by atoms with Crippen molar-refractivity contribution < 1.29 is 9.84 Å². The summed E-state index contributed by atoms with van der Waals surface area (Å²) in [5, 5.41) is 14.5. The van der Waals surface area contributed by atoms with Crippen LogP contribution in [0.3, 0.4) is 0 Å². The summed E-state index contributed by atoms with van der Waals surface area (Å²) >= 11 is 0. The second-order valence-electron chi connectivity index (χ2n) is 6.07. The van der Waals surface area contributed by atoms with Crippen LogP contribution in [0.2, 0.25) is 0 Å². The van der Waals surface area contributed by atoms with E-state index in [0.717, 1.165) is 38.1 Å². The van der Waals surface area contributed by atoms with Gasteiger partial charge in [0.1, 0.15) is 0 Å². The van der Waals surface area contributed by atoms with E-state index in [0.29, 0.717) is 13.1 Å². The molecule has 2 atom stereocenters. The van der Waals surface area contributed by atoms with Crippen LogP contribution in [0, 0.1) is 0 Å². The van der Waals surface area contributed by atoms with Crippen LogP contribution in [0.15, 0.2) is 43.0 Å². The molecule has 2 aromatic heterocycles. The lowest BCUT2D eigenvalue weighted by Gasteiger charge is -2.27. The van der Waals surface area contributed by atoms with Crippen molar-refractivity contribution in [1.82, 2.24) is 19.7 Å². The topological polar surface area (TPSA) is 63.4 Å². The summed E-state index contributed by atoms with van der Waals surface area (Å²) in [6.45, 7) is 3.55. The Labute approximate surface area is 136 Å². The van der Waals surface area contributed by atoms with Gasteiger partial charge in [0, 0.05) is 51.0 Å². The van der Waals surface area contributed by atoms with Gasteiger partial charge in [0.05, 0.1) is 18.8 Å². The molecule has 2 aromatic rings. The lowest BCUT2D eigenvalue weighted by atomic mass is 10.2. The number of aliphatic hydroxyl groups is 1. The monoisotopic (exact) mass is 316 g/mol. The van der Waals surface area contributed by atoms with E-state index < -0.39 is 6.10 Å². The standard InChI is InChI=1S/C17H24N4O2/c22-16(13-21-8-3-7-19-21)12-20(14-17-5-2-9-23-17)11-15-4-1-6-18-10-15/h1,3-4,6-8,10,16-17,22H,2,5,9,11-14H2/t16-,17+/m0/s1. The van der Waals surface area contributed by atoms with Crippen molar-refractivity contribution in [3.8, 4) is 0 Å². The molecular formula is C17H24N4O2. The minimum atomic E-state index is -0.465. The minimum Gasteiger partial charge on any atom is -0.390 e. The fourth-order valence-electron chi connectivity index (χ4n) is 3.01. The van der Waals surface area contributed by atoms with Gasteiger partial charge in [-0.3, -0.25) is 14.6 Å². The van der Waals surface area contributed by atoms with Gasteiger partial charge in [-0.05, 0) is 30.5 Å². The highest BCUT2D eigenvalue weighted by Gasteiger charge is 2.21. The maximum Gasteiger partial charge on any atom is 0.0862 e. The number of aromatic nitrogens is 3. The first-order chi connectivity index (χ1) is 11.3. The van der Waals surface area contributed by atoms with Gasteiger partial charge in [0.25, 0.3) is 0 Å². The number of pyridine rings is 1. The van der Waals surface area contributed by atoms with Gasteiger partial charge in [-0.15, -0.1) is 0 Å². The summed E-state index contributed by atoms with van der Waals surface area (Å²) in [4.78, 5) is 6.43. The van der Waals surface area contributed by atoms with Crippen molar-refractivity contribution in [2.45, 2.75) is 38.1 Å². The predicted octanol–water partition coefficient (Wildman–Crippen LogP) is 1.32. The Bertz CT molecular complexity index is 555. The van der Waals surface area contributed by atoms with Crippen molar-refractivity contribution in [3.05, 3.63) is 48.5 Å². The first-order valence-electron chi connectivity index (χ1n) is 8.18. The Morgan fingerprint density at radius 2 is 2.35 bits per heavy atom. The zero-order chi connectivity index (χ0) is 15.9. The second-order valence-corrected chi connectivity index (χ2v) is 6.07. The molecule has 0 saturated carbocycles. The van der Waals surface area contributed by atoms with E-state index in [9.17, 15) is 5.11 Å². The third-order valence-electron chi connectivity index (χ3n) is 4.04. The van der Waals surface area contributed by atoms with Gasteiger partial charge in [-0.25, -0.2) is 0 Å². The fourth-order valence-corrected chi connectivity index (χ4v) is 3.01. The third kappa shape index (κ3) is 5.13. The highest BCUT2D eigenvalue weighted by Crippen LogP contribution is 2.15. The summed E-state index contributed by atoms with van der Waals surface area (Å²) in [6.07, 6.45) is 9.28. The van der Waals surface area contributed by atoms with Gasteiger partial charge < -0.3 is 9.84 Å². The van der Waals surface area contributed by atoms with Crippen molar-refractivity contribution in [2.75, 3.05) is 19.7 Å². The molecule has 0 aliphatic carbocycles. The van der Waals surface area contributed by atoms with Crippen molar-refractivity contribution in [1.29, 1.82) is 0 Å². The molecule has 0 amide bonds. The molecule has 0 aromatic carbocycles. The molecule has 0 unspecified atom stereocenters. The summed E-state index contributed by atoms with van der Waals surface area (Å²) in [7, 11) is 0. The Kier molecular flexibility index (Phi) is 5.74. The van der Waals surface area contributed by atoms with E-state index in [1.54, 1.807) is 17.1 Å². The van der Waals surface area contributed by atoms with Gasteiger partial charge in [0.15, 0.2) is 0 Å². The van der Waals surface area contributed by atoms with Crippen LogP contribution in [0.5, 0.6) is 0 Å². The SMILES string of the molecule is O[C@@H](CN(Cc1cccnc1)C[C@H]1CCCO1)Cn1cccn1. The molecule has 6 heteroatoms. The van der Waals surface area contributed by atoms with Crippen LogP contribution in [0.25, 0.3) is 0 Å². The molecule has 1 N–H and O–H groups in total. The van der Waals surface area contributed by atoms with Gasteiger partial charge >= 0.3 is 0 Å². The van der Waals surface area contributed by atoms with Crippen molar-refractivity contribution in [2.24, 2.45) is 0 Å². The zero-order valence-electron chi connectivity index (χ0n) is 13.3. The van der Waals surface area contributed by atoms with Crippen molar-refractivity contribution in [3.63, 3.8) is 0 Å². The summed E-state index contributed by atoms with van der Waals surface area (Å²) < 4.78 is 7.51. The molecule has 1 aliphatic rings. The van der Waals surface area contributed by atoms with E-state index in [2.05, 4.69) is 21.0 Å². The lowest BCUT2D eigenvalue weighted by molar-refractivity contribution is 0.0409. The Morgan fingerprint density at radius 3 is 3.04 bits per heavy atom. The summed E-state index contributed by atoms with van der Waals surface area (Å²) in [5.41, 5.74) is 1.15. The van der Waals surface area contributed by atoms with E-state index in [4.69, 9.17) is 4.74 Å². The fraction of sp³-hybridized carbons (Fsp3) is 0.529. The average molecular weight is 316 g/mol. The van der Waals surface area contributed by atoms with E-state index in [1.165, 1.54) is 0 Å². The molecule has 1 fully saturated rings. The quantitative estimate of drug-likeness (QED) is 0.796. The molecule has 0 radical (unpaired) electrons.